The molecule has 0 aliphatic heterocycles. The van der Waals surface area contributed by atoms with Gasteiger partial charge < -0.3 is 5.32 Å². The third-order valence-corrected chi connectivity index (χ3v) is 5.66. The van der Waals surface area contributed by atoms with Crippen LogP contribution in [-0.4, -0.2) is 15.9 Å². The van der Waals surface area contributed by atoms with Crippen LogP contribution in [0.5, 0.6) is 0 Å². The number of rotatable bonds is 4. The van der Waals surface area contributed by atoms with Crippen molar-refractivity contribution in [1.29, 1.82) is 0 Å². The summed E-state index contributed by atoms with van der Waals surface area (Å²) in [6.45, 7) is 5.96. The summed E-state index contributed by atoms with van der Waals surface area (Å²) < 4.78 is 14.6. The third-order valence-electron chi connectivity index (χ3n) is 3.99. The molecule has 0 radical (unpaired) electrons. The summed E-state index contributed by atoms with van der Waals surface area (Å²) in [5.74, 6) is 0.206. The van der Waals surface area contributed by atoms with Crippen molar-refractivity contribution in [2.75, 3.05) is 0 Å². The molecule has 0 unspecified atom stereocenters. The summed E-state index contributed by atoms with van der Waals surface area (Å²) in [4.78, 5) is 23.0. The van der Waals surface area contributed by atoms with Crippen LogP contribution in [0, 0.1) is 19.7 Å². The molecule has 7 heteroatoms. The van der Waals surface area contributed by atoms with Crippen LogP contribution < -0.4 is 5.32 Å². The fourth-order valence-electron chi connectivity index (χ4n) is 2.70. The van der Waals surface area contributed by atoms with Crippen LogP contribution in [0.3, 0.4) is 0 Å². The van der Waals surface area contributed by atoms with E-state index in [1.165, 1.54) is 17.4 Å². The number of aromatic nitrogens is 2. The lowest BCUT2D eigenvalue weighted by Crippen LogP contribution is -2.23. The Bertz CT molecular complexity index is 971. The number of benzene rings is 1. The summed E-state index contributed by atoms with van der Waals surface area (Å²) in [6, 6.07) is 4.67. The number of nitrogens with one attached hydrogen (secondary N) is 1. The molecule has 0 aliphatic rings. The Morgan fingerprint density at radius 3 is 2.80 bits per heavy atom. The van der Waals surface area contributed by atoms with Crippen molar-refractivity contribution in [2.24, 2.45) is 0 Å². The van der Waals surface area contributed by atoms with E-state index in [0.717, 1.165) is 38.2 Å². The minimum absolute atomic E-state index is 0.128. The zero-order chi connectivity index (χ0) is 18.1. The Hall–Kier alpha value is -1.86. The zero-order valence-corrected chi connectivity index (χ0v) is 16.5. The second-order valence-corrected chi connectivity index (χ2v) is 7.65. The first-order valence-electron chi connectivity index (χ1n) is 7.89. The monoisotopic (exact) mass is 421 g/mol. The van der Waals surface area contributed by atoms with Crippen LogP contribution >= 0.6 is 27.3 Å². The van der Waals surface area contributed by atoms with Crippen molar-refractivity contribution in [2.45, 2.75) is 33.7 Å². The number of aryl methyl sites for hydroxylation is 3. The molecular formula is C18H17BrFN3OS. The van der Waals surface area contributed by atoms with Crippen LogP contribution in [0.1, 0.15) is 39.2 Å². The molecule has 0 aliphatic carbocycles. The number of thiophene rings is 1. The zero-order valence-electron chi connectivity index (χ0n) is 14.1. The molecule has 1 amide bonds. The lowest BCUT2D eigenvalue weighted by Gasteiger charge is -2.06. The molecule has 4 nitrogen and oxygen atoms in total. The van der Waals surface area contributed by atoms with Gasteiger partial charge in [-0.3, -0.25) is 4.79 Å². The standard InChI is InChI=1S/C18H17BrFN3OS/c1-4-14-22-10(3)15-9(2)16(25-18(15)23-14)17(24)21-8-11-7-12(19)5-6-13(11)20/h5-7H,4,8H2,1-3H3,(H,21,24). The number of hydrogen-bond acceptors (Lipinski definition) is 4. The van der Waals surface area contributed by atoms with Crippen molar-refractivity contribution >= 4 is 43.4 Å². The maximum absolute atomic E-state index is 13.8. The van der Waals surface area contributed by atoms with E-state index in [1.54, 1.807) is 12.1 Å². The Morgan fingerprint density at radius 1 is 1.32 bits per heavy atom. The molecule has 2 aromatic heterocycles. The van der Waals surface area contributed by atoms with Crippen molar-refractivity contribution in [3.05, 3.63) is 56.0 Å². The van der Waals surface area contributed by atoms with Crippen molar-refractivity contribution in [1.82, 2.24) is 15.3 Å². The summed E-state index contributed by atoms with van der Waals surface area (Å²) in [5.41, 5.74) is 2.19. The molecule has 2 heterocycles. The molecule has 1 N–H and O–H groups in total. The highest BCUT2D eigenvalue weighted by atomic mass is 79.9. The van der Waals surface area contributed by atoms with E-state index < -0.39 is 0 Å². The maximum Gasteiger partial charge on any atom is 0.261 e. The minimum atomic E-state index is -0.342. The van der Waals surface area contributed by atoms with Crippen LogP contribution in [-0.2, 0) is 13.0 Å². The first-order chi connectivity index (χ1) is 11.9. The fourth-order valence-corrected chi connectivity index (χ4v) is 4.28. The number of hydrogen-bond donors (Lipinski definition) is 1. The van der Waals surface area contributed by atoms with Crippen molar-refractivity contribution in [3.63, 3.8) is 0 Å². The van der Waals surface area contributed by atoms with Crippen LogP contribution in [0.4, 0.5) is 4.39 Å². The quantitative estimate of drug-likeness (QED) is 0.663. The van der Waals surface area contributed by atoms with Crippen LogP contribution in [0.25, 0.3) is 10.2 Å². The second-order valence-electron chi connectivity index (χ2n) is 5.73. The van der Waals surface area contributed by atoms with Gasteiger partial charge in [0.1, 0.15) is 16.5 Å². The van der Waals surface area contributed by atoms with E-state index in [0.29, 0.717) is 10.4 Å². The molecule has 0 atom stereocenters. The second kappa shape index (κ2) is 7.17. The first kappa shape index (κ1) is 17.9. The van der Waals surface area contributed by atoms with Gasteiger partial charge in [-0.05, 0) is 37.6 Å². The van der Waals surface area contributed by atoms with Crippen LogP contribution in [0.15, 0.2) is 22.7 Å². The Kier molecular flexibility index (Phi) is 5.15. The summed E-state index contributed by atoms with van der Waals surface area (Å²) in [5, 5.41) is 3.73. The van der Waals surface area contributed by atoms with E-state index in [2.05, 4.69) is 31.2 Å². The molecule has 0 spiro atoms. The van der Waals surface area contributed by atoms with E-state index in [1.807, 2.05) is 20.8 Å². The number of fused-ring (bicyclic) bond motifs is 1. The summed E-state index contributed by atoms with van der Waals surface area (Å²) in [7, 11) is 0. The normalized spacial score (nSPS) is 11.1. The molecule has 25 heavy (non-hydrogen) atoms. The fraction of sp³-hybridized carbons (Fsp3) is 0.278. The molecule has 3 rings (SSSR count). The molecule has 3 aromatic rings. The molecule has 1 aromatic carbocycles. The number of amides is 1. The highest BCUT2D eigenvalue weighted by Gasteiger charge is 2.19. The maximum atomic E-state index is 13.8. The number of carbonyl (C=O) groups is 1. The average molecular weight is 422 g/mol. The summed E-state index contributed by atoms with van der Waals surface area (Å²) >= 11 is 4.66. The molecule has 0 bridgehead atoms. The van der Waals surface area contributed by atoms with Gasteiger partial charge in [0.15, 0.2) is 0 Å². The number of nitrogens with zero attached hydrogens (tertiary/aromatic N) is 2. The highest BCUT2D eigenvalue weighted by Crippen LogP contribution is 2.31. The average Bonchev–Trinajstić information content (AvgIpc) is 2.92. The lowest BCUT2D eigenvalue weighted by molar-refractivity contribution is 0.0954. The molecule has 130 valence electrons. The van der Waals surface area contributed by atoms with E-state index >= 15 is 0 Å². The largest absolute Gasteiger partial charge is 0.347 e. The predicted octanol–water partition coefficient (Wildman–Crippen LogP) is 4.70. The molecule has 0 saturated heterocycles. The highest BCUT2D eigenvalue weighted by molar-refractivity contribution is 9.10. The predicted molar refractivity (Wildman–Crippen MR) is 102 cm³/mol. The topological polar surface area (TPSA) is 54.9 Å². The first-order valence-corrected chi connectivity index (χ1v) is 9.50. The van der Waals surface area contributed by atoms with Crippen molar-refractivity contribution in [3.8, 4) is 0 Å². The lowest BCUT2D eigenvalue weighted by atomic mass is 10.1. The Balaban J connectivity index is 1.88. The van der Waals surface area contributed by atoms with Crippen LogP contribution in [0.2, 0.25) is 0 Å². The van der Waals surface area contributed by atoms with Gasteiger partial charge in [-0.2, -0.15) is 0 Å². The van der Waals surface area contributed by atoms with Gasteiger partial charge >= 0.3 is 0 Å². The van der Waals surface area contributed by atoms with Gasteiger partial charge in [0, 0.05) is 34.1 Å². The number of halogens is 2. The minimum Gasteiger partial charge on any atom is -0.347 e. The third kappa shape index (κ3) is 3.57. The summed E-state index contributed by atoms with van der Waals surface area (Å²) in [6.07, 6.45) is 0.747. The smallest absolute Gasteiger partial charge is 0.261 e. The molecular weight excluding hydrogens is 405 g/mol. The van der Waals surface area contributed by atoms with Crippen molar-refractivity contribution < 1.29 is 9.18 Å². The van der Waals surface area contributed by atoms with E-state index in [9.17, 15) is 9.18 Å². The van der Waals surface area contributed by atoms with Gasteiger partial charge in [-0.25, -0.2) is 14.4 Å². The van der Waals surface area contributed by atoms with E-state index in [4.69, 9.17) is 0 Å². The van der Waals surface area contributed by atoms with Gasteiger partial charge in [0.25, 0.3) is 5.91 Å². The molecule has 0 saturated carbocycles. The van der Waals surface area contributed by atoms with Gasteiger partial charge in [0.05, 0.1) is 4.88 Å². The molecule has 0 fully saturated rings. The van der Waals surface area contributed by atoms with Gasteiger partial charge in [-0.15, -0.1) is 11.3 Å². The Morgan fingerprint density at radius 2 is 2.08 bits per heavy atom. The van der Waals surface area contributed by atoms with Gasteiger partial charge in [-0.1, -0.05) is 22.9 Å². The van der Waals surface area contributed by atoms with E-state index in [-0.39, 0.29) is 18.3 Å². The Labute approximate surface area is 157 Å². The number of carbonyl (C=O) groups excluding carboxylic acids is 1. The van der Waals surface area contributed by atoms with Gasteiger partial charge in [0.2, 0.25) is 0 Å². The SMILES string of the molecule is CCc1nc(C)c2c(C)c(C(=O)NCc3cc(Br)ccc3F)sc2n1.